The number of nitrogens with zero attached hydrogens (tertiary/aromatic N) is 6. The number of carbonyl (C=O) groups excluding carboxylic acids is 1. The lowest BCUT2D eigenvalue weighted by atomic mass is 10.2. The van der Waals surface area contributed by atoms with Crippen molar-refractivity contribution in [3.8, 4) is 17.1 Å². The fourth-order valence-electron chi connectivity index (χ4n) is 3.73. The average Bonchev–Trinajstić information content (AvgIpc) is 3.41. The van der Waals surface area contributed by atoms with Gasteiger partial charge in [-0.25, -0.2) is 19.1 Å². The van der Waals surface area contributed by atoms with Gasteiger partial charge in [-0.15, -0.1) is 10.2 Å². The maximum absolute atomic E-state index is 13.2. The Labute approximate surface area is 229 Å². The van der Waals surface area contributed by atoms with Crippen LogP contribution in [0.4, 0.5) is 13.2 Å². The molecule has 0 unspecified atom stereocenters. The molecule has 4 aromatic rings. The van der Waals surface area contributed by atoms with E-state index in [4.69, 9.17) is 27.9 Å². The first-order valence-electron chi connectivity index (χ1n) is 11.4. The highest BCUT2D eigenvalue weighted by atomic mass is 35.5. The summed E-state index contributed by atoms with van der Waals surface area (Å²) in [7, 11) is 0. The molecule has 2 heterocycles. The highest BCUT2D eigenvalue weighted by Crippen LogP contribution is 2.26. The van der Waals surface area contributed by atoms with E-state index in [2.05, 4.69) is 15.2 Å². The SMILES string of the molecule is CC(=O)O[C@@H](C)c1nc(Cn2nc(-c3ccc(Cl)cc3)n(C[C@H](O)C(F)(F)F)c2=O)nn1-c1ccccc1Cl. The van der Waals surface area contributed by atoms with Gasteiger partial charge in [0.1, 0.15) is 6.54 Å². The second-order valence-corrected chi connectivity index (χ2v) is 9.28. The first-order valence-corrected chi connectivity index (χ1v) is 12.2. The standard InChI is InChI=1S/C24H21Cl2F3N6O4/c1-13(39-14(2)36)21-30-20(31-35(21)18-6-4-3-5-17(18)26)12-34-23(38)33(11-19(37)24(27,28)29)22(32-34)15-7-9-16(25)10-8-15/h3-10,13,19,37H,11-12H2,1-2H3/t13-,19-/m0/s1. The third-order valence-electron chi connectivity index (χ3n) is 5.51. The number of aliphatic hydroxyl groups excluding tert-OH is 1. The summed E-state index contributed by atoms with van der Waals surface area (Å²) in [5.74, 6) is -0.469. The van der Waals surface area contributed by atoms with E-state index < -0.39 is 36.6 Å². The number of aliphatic hydroxyl groups is 1. The molecule has 0 aliphatic carbocycles. The molecule has 15 heteroatoms. The summed E-state index contributed by atoms with van der Waals surface area (Å²) in [5.41, 5.74) is -0.227. The lowest BCUT2D eigenvalue weighted by Crippen LogP contribution is -2.37. The third kappa shape index (κ3) is 6.32. The lowest BCUT2D eigenvalue weighted by molar-refractivity contribution is -0.207. The molecule has 0 aliphatic rings. The van der Waals surface area contributed by atoms with Crippen LogP contribution in [0.1, 0.15) is 31.6 Å². The molecule has 10 nitrogen and oxygen atoms in total. The van der Waals surface area contributed by atoms with Crippen molar-refractivity contribution in [1.82, 2.24) is 29.1 Å². The second-order valence-electron chi connectivity index (χ2n) is 8.44. The zero-order chi connectivity index (χ0) is 28.5. The van der Waals surface area contributed by atoms with E-state index in [-0.39, 0.29) is 24.0 Å². The van der Waals surface area contributed by atoms with Crippen LogP contribution in [0.3, 0.4) is 0 Å². The predicted molar refractivity (Wildman–Crippen MR) is 135 cm³/mol. The Morgan fingerprint density at radius 1 is 1.10 bits per heavy atom. The summed E-state index contributed by atoms with van der Waals surface area (Å²) in [6.07, 6.45) is -8.64. The molecule has 0 saturated carbocycles. The molecule has 1 N–H and O–H groups in total. The van der Waals surface area contributed by atoms with Crippen LogP contribution in [-0.4, -0.2) is 52.5 Å². The van der Waals surface area contributed by atoms with Gasteiger partial charge in [0.15, 0.2) is 29.7 Å². The van der Waals surface area contributed by atoms with Crippen LogP contribution in [0.5, 0.6) is 0 Å². The second kappa shape index (κ2) is 11.2. The van der Waals surface area contributed by atoms with Crippen LogP contribution < -0.4 is 5.69 Å². The van der Waals surface area contributed by atoms with Crippen molar-refractivity contribution in [3.05, 3.63) is 80.7 Å². The van der Waals surface area contributed by atoms with Crippen molar-refractivity contribution in [3.63, 3.8) is 0 Å². The summed E-state index contributed by atoms with van der Waals surface area (Å²) >= 11 is 12.3. The van der Waals surface area contributed by atoms with Crippen LogP contribution in [0.2, 0.25) is 10.0 Å². The number of benzene rings is 2. The molecule has 0 amide bonds. The van der Waals surface area contributed by atoms with E-state index in [1.54, 1.807) is 31.2 Å². The fourth-order valence-corrected chi connectivity index (χ4v) is 4.07. The summed E-state index contributed by atoms with van der Waals surface area (Å²) < 4.78 is 47.6. The minimum Gasteiger partial charge on any atom is -0.455 e. The fraction of sp³-hybridized carbons (Fsp3) is 0.292. The van der Waals surface area contributed by atoms with Gasteiger partial charge in [-0.2, -0.15) is 13.2 Å². The van der Waals surface area contributed by atoms with E-state index in [0.29, 0.717) is 21.3 Å². The molecule has 0 bridgehead atoms. The number of esters is 1. The van der Waals surface area contributed by atoms with Crippen LogP contribution in [0.25, 0.3) is 17.1 Å². The van der Waals surface area contributed by atoms with E-state index >= 15 is 0 Å². The number of ether oxygens (including phenoxy) is 1. The topological polar surface area (TPSA) is 117 Å². The van der Waals surface area contributed by atoms with Crippen LogP contribution in [0, 0.1) is 0 Å². The molecule has 0 aliphatic heterocycles. The third-order valence-corrected chi connectivity index (χ3v) is 6.08. The number of hydrogen-bond acceptors (Lipinski definition) is 7. The van der Waals surface area contributed by atoms with Gasteiger partial charge in [0.2, 0.25) is 0 Å². The largest absolute Gasteiger partial charge is 0.455 e. The summed E-state index contributed by atoms with van der Waals surface area (Å²) in [6, 6.07) is 12.6. The van der Waals surface area contributed by atoms with Crippen LogP contribution in [0.15, 0.2) is 53.3 Å². The van der Waals surface area contributed by atoms with Gasteiger partial charge in [-0.3, -0.25) is 9.36 Å². The number of alkyl halides is 3. The summed E-state index contributed by atoms with van der Waals surface area (Å²) in [4.78, 5) is 29.2. The lowest BCUT2D eigenvalue weighted by Gasteiger charge is -2.15. The quantitative estimate of drug-likeness (QED) is 0.308. The maximum Gasteiger partial charge on any atom is 0.416 e. The number of rotatable bonds is 8. The Bertz CT molecular complexity index is 1550. The smallest absolute Gasteiger partial charge is 0.416 e. The molecule has 206 valence electrons. The zero-order valence-electron chi connectivity index (χ0n) is 20.4. The van der Waals surface area contributed by atoms with E-state index in [1.165, 1.54) is 35.9 Å². The molecule has 0 spiro atoms. The van der Waals surface area contributed by atoms with Gasteiger partial charge in [-0.1, -0.05) is 35.3 Å². The van der Waals surface area contributed by atoms with E-state index in [0.717, 1.165) is 9.25 Å². The summed E-state index contributed by atoms with van der Waals surface area (Å²) in [5, 5.41) is 19.0. The van der Waals surface area contributed by atoms with Gasteiger partial charge < -0.3 is 9.84 Å². The number of hydrogen-bond donors (Lipinski definition) is 1. The number of carbonyl (C=O) groups is 1. The van der Waals surface area contributed by atoms with E-state index in [9.17, 15) is 27.9 Å². The molecule has 0 saturated heterocycles. The monoisotopic (exact) mass is 584 g/mol. The molecule has 2 aromatic heterocycles. The Morgan fingerprint density at radius 2 is 1.77 bits per heavy atom. The van der Waals surface area contributed by atoms with Gasteiger partial charge in [-0.05, 0) is 43.3 Å². The summed E-state index contributed by atoms with van der Waals surface area (Å²) in [6.45, 7) is 1.36. The highest BCUT2D eigenvalue weighted by Gasteiger charge is 2.39. The molecule has 0 radical (unpaired) electrons. The highest BCUT2D eigenvalue weighted by molar-refractivity contribution is 6.32. The van der Waals surface area contributed by atoms with Crippen molar-refractivity contribution in [1.29, 1.82) is 0 Å². The van der Waals surface area contributed by atoms with Crippen molar-refractivity contribution in [2.45, 2.75) is 45.3 Å². The van der Waals surface area contributed by atoms with Crippen molar-refractivity contribution < 1.29 is 27.8 Å². The number of para-hydroxylation sites is 1. The normalized spacial score (nSPS) is 13.3. The van der Waals surface area contributed by atoms with Gasteiger partial charge >= 0.3 is 17.8 Å². The minimum absolute atomic E-state index is 0.0368. The maximum atomic E-state index is 13.2. The van der Waals surface area contributed by atoms with Crippen LogP contribution in [-0.2, 0) is 22.6 Å². The Kier molecular flexibility index (Phi) is 8.14. The molecule has 0 fully saturated rings. The van der Waals surface area contributed by atoms with Gasteiger partial charge in [0.25, 0.3) is 0 Å². The number of aromatic nitrogens is 6. The molecular formula is C24H21Cl2F3N6O4. The molecule has 2 atom stereocenters. The molecule has 39 heavy (non-hydrogen) atoms. The van der Waals surface area contributed by atoms with Gasteiger partial charge in [0, 0.05) is 17.5 Å². The Hall–Kier alpha value is -3.68. The molecular weight excluding hydrogens is 564 g/mol. The van der Waals surface area contributed by atoms with Gasteiger partial charge in [0.05, 0.1) is 17.3 Å². The Morgan fingerprint density at radius 3 is 2.38 bits per heavy atom. The molecule has 2 aromatic carbocycles. The number of halogens is 5. The van der Waals surface area contributed by atoms with Crippen molar-refractivity contribution in [2.75, 3.05) is 0 Å². The first kappa shape index (κ1) is 28.3. The minimum atomic E-state index is -4.96. The first-order chi connectivity index (χ1) is 18.3. The van der Waals surface area contributed by atoms with Crippen molar-refractivity contribution in [2.24, 2.45) is 0 Å². The zero-order valence-corrected chi connectivity index (χ0v) is 21.9. The van der Waals surface area contributed by atoms with E-state index in [1.807, 2.05) is 0 Å². The average molecular weight is 585 g/mol. The predicted octanol–water partition coefficient (Wildman–Crippen LogP) is 4.19. The Balaban J connectivity index is 1.79. The molecule has 4 rings (SSSR count). The van der Waals surface area contributed by atoms with Crippen molar-refractivity contribution >= 4 is 29.2 Å². The van der Waals surface area contributed by atoms with Crippen LogP contribution >= 0.6 is 23.2 Å².